The maximum atomic E-state index is 11.8. The first-order valence-electron chi connectivity index (χ1n) is 6.68. The molecule has 1 N–H and O–H groups in total. The maximum absolute atomic E-state index is 11.8. The van der Waals surface area contributed by atoms with Crippen LogP contribution in [0, 0.1) is 0 Å². The number of phenols is 1. The lowest BCUT2D eigenvalue weighted by Crippen LogP contribution is -2.34. The summed E-state index contributed by atoms with van der Waals surface area (Å²) in [7, 11) is 0. The Morgan fingerprint density at radius 1 is 1.16 bits per heavy atom. The van der Waals surface area contributed by atoms with E-state index in [4.69, 9.17) is 0 Å². The molecule has 19 heavy (non-hydrogen) atoms. The van der Waals surface area contributed by atoms with Crippen LogP contribution in [0.5, 0.6) is 5.75 Å². The summed E-state index contributed by atoms with van der Waals surface area (Å²) in [5.74, 6) is 0.329. The molecule has 0 spiro atoms. The van der Waals surface area contributed by atoms with Gasteiger partial charge in [-0.3, -0.25) is 4.79 Å². The van der Waals surface area contributed by atoms with Crippen LogP contribution in [-0.2, 0) is 4.79 Å². The molecule has 3 nitrogen and oxygen atoms in total. The van der Waals surface area contributed by atoms with Crippen molar-refractivity contribution >= 4 is 12.0 Å². The predicted molar refractivity (Wildman–Crippen MR) is 76.7 cm³/mol. The van der Waals surface area contributed by atoms with E-state index in [0.717, 1.165) is 31.5 Å². The van der Waals surface area contributed by atoms with Crippen molar-refractivity contribution < 1.29 is 9.90 Å². The quantitative estimate of drug-likeness (QED) is 0.668. The van der Waals surface area contributed by atoms with Crippen molar-refractivity contribution in [3.05, 3.63) is 48.1 Å². The average Bonchev–Trinajstić information content (AvgIpc) is 2.44. The number of hydrogen-bond donors (Lipinski definition) is 1. The predicted octanol–water partition coefficient (Wildman–Crippen LogP) is 2.97. The van der Waals surface area contributed by atoms with Gasteiger partial charge in [0, 0.05) is 19.2 Å². The number of aromatic hydroxyl groups is 1. The average molecular weight is 257 g/mol. The Hall–Kier alpha value is -2.03. The molecule has 0 aromatic heterocycles. The minimum atomic E-state index is 0.0836. The highest BCUT2D eigenvalue weighted by atomic mass is 16.3. The van der Waals surface area contributed by atoms with Crippen molar-refractivity contribution in [1.82, 2.24) is 4.90 Å². The minimum Gasteiger partial charge on any atom is -0.508 e. The van der Waals surface area contributed by atoms with E-state index < -0.39 is 0 Å². The number of likely N-dealkylation sites (tertiary alicyclic amines) is 1. The zero-order valence-electron chi connectivity index (χ0n) is 11.0. The van der Waals surface area contributed by atoms with Crippen LogP contribution in [0.2, 0.25) is 0 Å². The third kappa shape index (κ3) is 4.28. The van der Waals surface area contributed by atoms with Crippen LogP contribution < -0.4 is 0 Å². The number of allylic oxidation sites excluding steroid dienone is 2. The summed E-state index contributed by atoms with van der Waals surface area (Å²) in [5.41, 5.74) is 0.912. The fourth-order valence-electron chi connectivity index (χ4n) is 2.15. The van der Waals surface area contributed by atoms with Gasteiger partial charge < -0.3 is 10.0 Å². The number of rotatable bonds is 3. The SMILES string of the molecule is O=C(C=CC=Cc1cccc(O)c1)N1CCCCC1. The molecule has 3 heteroatoms. The second-order valence-corrected chi connectivity index (χ2v) is 4.70. The van der Waals surface area contributed by atoms with Gasteiger partial charge in [-0.05, 0) is 37.0 Å². The molecule has 100 valence electrons. The molecule has 0 atom stereocenters. The smallest absolute Gasteiger partial charge is 0.246 e. The summed E-state index contributed by atoms with van der Waals surface area (Å²) >= 11 is 0. The second kappa shape index (κ2) is 6.78. The molecule has 0 bridgehead atoms. The molecule has 1 aliphatic rings. The van der Waals surface area contributed by atoms with Crippen LogP contribution in [0.4, 0.5) is 0 Å². The number of carbonyl (C=O) groups excluding carboxylic acids is 1. The number of hydrogen-bond acceptors (Lipinski definition) is 2. The summed E-state index contributed by atoms with van der Waals surface area (Å²) < 4.78 is 0. The van der Waals surface area contributed by atoms with Gasteiger partial charge in [0.1, 0.15) is 5.75 Å². The van der Waals surface area contributed by atoms with Crippen LogP contribution in [0.15, 0.2) is 42.5 Å². The first-order chi connectivity index (χ1) is 9.25. The molecule has 0 radical (unpaired) electrons. The van der Waals surface area contributed by atoms with Crippen LogP contribution in [0.25, 0.3) is 6.08 Å². The molecule has 1 aromatic carbocycles. The highest BCUT2D eigenvalue weighted by Crippen LogP contribution is 2.12. The van der Waals surface area contributed by atoms with Crippen molar-refractivity contribution in [2.24, 2.45) is 0 Å². The number of benzene rings is 1. The third-order valence-corrected chi connectivity index (χ3v) is 3.18. The van der Waals surface area contributed by atoms with E-state index in [0.29, 0.717) is 0 Å². The van der Waals surface area contributed by atoms with Gasteiger partial charge in [0.25, 0.3) is 0 Å². The standard InChI is InChI=1S/C16H19NO2/c18-15-9-6-8-14(13-15)7-2-3-10-16(19)17-11-4-1-5-12-17/h2-3,6-10,13,18H,1,4-5,11-12H2. The molecule has 1 saturated heterocycles. The van der Waals surface area contributed by atoms with Gasteiger partial charge in [-0.25, -0.2) is 0 Å². The second-order valence-electron chi connectivity index (χ2n) is 4.70. The van der Waals surface area contributed by atoms with E-state index in [1.807, 2.05) is 23.1 Å². The zero-order chi connectivity index (χ0) is 13.5. The lowest BCUT2D eigenvalue weighted by Gasteiger charge is -2.25. The van der Waals surface area contributed by atoms with Crippen LogP contribution >= 0.6 is 0 Å². The zero-order valence-corrected chi connectivity index (χ0v) is 11.0. The normalized spacial score (nSPS) is 16.3. The highest BCUT2D eigenvalue weighted by molar-refractivity contribution is 5.88. The van der Waals surface area contributed by atoms with Crippen molar-refractivity contribution in [3.8, 4) is 5.75 Å². The largest absolute Gasteiger partial charge is 0.508 e. The number of nitrogens with zero attached hydrogens (tertiary/aromatic N) is 1. The van der Waals surface area contributed by atoms with Gasteiger partial charge in [-0.1, -0.05) is 30.4 Å². The fourth-order valence-corrected chi connectivity index (χ4v) is 2.15. The highest BCUT2D eigenvalue weighted by Gasteiger charge is 2.12. The number of phenolic OH excluding ortho intramolecular Hbond substituents is 1. The van der Waals surface area contributed by atoms with Gasteiger partial charge >= 0.3 is 0 Å². The molecule has 1 aliphatic heterocycles. The fraction of sp³-hybridized carbons (Fsp3) is 0.312. The molecule has 1 heterocycles. The van der Waals surface area contributed by atoms with Crippen LogP contribution in [0.1, 0.15) is 24.8 Å². The van der Waals surface area contributed by atoms with Gasteiger partial charge in [0.05, 0.1) is 0 Å². The van der Waals surface area contributed by atoms with Crippen LogP contribution in [-0.4, -0.2) is 29.0 Å². The Bertz CT molecular complexity index is 485. The number of amides is 1. The first-order valence-corrected chi connectivity index (χ1v) is 6.68. The van der Waals surface area contributed by atoms with E-state index in [-0.39, 0.29) is 11.7 Å². The van der Waals surface area contributed by atoms with Crippen molar-refractivity contribution in [3.63, 3.8) is 0 Å². The topological polar surface area (TPSA) is 40.5 Å². The van der Waals surface area contributed by atoms with Crippen molar-refractivity contribution in [1.29, 1.82) is 0 Å². The van der Waals surface area contributed by atoms with Crippen LogP contribution in [0.3, 0.4) is 0 Å². The summed E-state index contributed by atoms with van der Waals surface area (Å²) in [6.07, 6.45) is 10.5. The summed E-state index contributed by atoms with van der Waals surface area (Å²) in [5, 5.41) is 9.32. The van der Waals surface area contributed by atoms with Gasteiger partial charge in [0.15, 0.2) is 0 Å². The Balaban J connectivity index is 1.87. The van der Waals surface area contributed by atoms with E-state index >= 15 is 0 Å². The molecule has 1 aromatic rings. The lowest BCUT2D eigenvalue weighted by atomic mass is 10.1. The van der Waals surface area contributed by atoms with Gasteiger partial charge in [0.2, 0.25) is 5.91 Å². The number of piperidine rings is 1. The monoisotopic (exact) mass is 257 g/mol. The Morgan fingerprint density at radius 3 is 2.68 bits per heavy atom. The summed E-state index contributed by atoms with van der Waals surface area (Å²) in [6.45, 7) is 1.75. The van der Waals surface area contributed by atoms with E-state index in [2.05, 4.69) is 0 Å². The molecular formula is C16H19NO2. The Kier molecular flexibility index (Phi) is 4.78. The maximum Gasteiger partial charge on any atom is 0.246 e. The third-order valence-electron chi connectivity index (χ3n) is 3.18. The van der Waals surface area contributed by atoms with E-state index in [1.165, 1.54) is 6.42 Å². The van der Waals surface area contributed by atoms with E-state index in [9.17, 15) is 9.90 Å². The molecule has 0 aliphatic carbocycles. The van der Waals surface area contributed by atoms with Crippen molar-refractivity contribution in [2.45, 2.75) is 19.3 Å². The summed E-state index contributed by atoms with van der Waals surface area (Å²) in [4.78, 5) is 13.7. The van der Waals surface area contributed by atoms with E-state index in [1.54, 1.807) is 30.4 Å². The molecule has 0 saturated carbocycles. The molecule has 1 fully saturated rings. The minimum absolute atomic E-state index is 0.0836. The molecular weight excluding hydrogens is 238 g/mol. The van der Waals surface area contributed by atoms with Crippen molar-refractivity contribution in [2.75, 3.05) is 13.1 Å². The lowest BCUT2D eigenvalue weighted by molar-refractivity contribution is -0.126. The summed E-state index contributed by atoms with van der Waals surface area (Å²) in [6, 6.07) is 7.00. The molecule has 2 rings (SSSR count). The van der Waals surface area contributed by atoms with Gasteiger partial charge in [-0.15, -0.1) is 0 Å². The number of carbonyl (C=O) groups is 1. The first kappa shape index (κ1) is 13.4. The Labute approximate surface area is 113 Å². The molecule has 1 amide bonds. The van der Waals surface area contributed by atoms with Gasteiger partial charge in [-0.2, -0.15) is 0 Å². The Morgan fingerprint density at radius 2 is 1.95 bits per heavy atom. The molecule has 0 unspecified atom stereocenters.